The van der Waals surface area contributed by atoms with Crippen LogP contribution in [0, 0.1) is 0 Å². The van der Waals surface area contributed by atoms with Gasteiger partial charge in [0.05, 0.1) is 17.1 Å². The van der Waals surface area contributed by atoms with Crippen molar-refractivity contribution >= 4 is 34.5 Å². The van der Waals surface area contributed by atoms with Crippen LogP contribution in [0.25, 0.3) is 0 Å². The molecule has 0 saturated heterocycles. The summed E-state index contributed by atoms with van der Waals surface area (Å²) in [6.07, 6.45) is 5.08. The smallest absolute Gasteiger partial charge is 0.236 e. The maximum atomic E-state index is 4.04. The first kappa shape index (κ1) is 32.1. The monoisotopic (exact) mass is 651 g/mol. The van der Waals surface area contributed by atoms with Crippen molar-refractivity contribution in [3.05, 3.63) is 164 Å². The van der Waals surface area contributed by atoms with Gasteiger partial charge in [0.2, 0.25) is 0 Å². The van der Waals surface area contributed by atoms with E-state index in [1.54, 1.807) is 18.6 Å². The van der Waals surface area contributed by atoms with E-state index in [-0.39, 0.29) is 19.5 Å². The molecule has 0 saturated carbocycles. The fourth-order valence-electron chi connectivity index (χ4n) is 3.05. The molecule has 9 nitrogen and oxygen atoms in total. The molecule has 0 N–H and O–H groups in total. The van der Waals surface area contributed by atoms with Crippen molar-refractivity contribution in [2.75, 3.05) is 0 Å². The Hall–Kier alpha value is -5.47. The van der Waals surface area contributed by atoms with Crippen LogP contribution in [0.1, 0.15) is 0 Å². The van der Waals surface area contributed by atoms with Crippen molar-refractivity contribution in [3.63, 3.8) is 0 Å². The van der Waals surface area contributed by atoms with Crippen LogP contribution in [0.3, 0.4) is 0 Å². The van der Waals surface area contributed by atoms with E-state index in [0.717, 1.165) is 17.1 Å². The third-order valence-corrected chi connectivity index (χ3v) is 5.02. The number of rotatable bonds is 6. The third kappa shape index (κ3) is 13.2. The van der Waals surface area contributed by atoms with Crippen molar-refractivity contribution in [3.8, 4) is 0 Å². The minimum absolute atomic E-state index is 0. The van der Waals surface area contributed by atoms with Gasteiger partial charge in [0.25, 0.3) is 0 Å². The fourth-order valence-corrected chi connectivity index (χ4v) is 3.05. The van der Waals surface area contributed by atoms with Crippen molar-refractivity contribution in [2.24, 2.45) is 30.7 Å². The second-order valence-electron chi connectivity index (χ2n) is 8.17. The van der Waals surface area contributed by atoms with Crippen LogP contribution in [0.5, 0.6) is 0 Å². The van der Waals surface area contributed by atoms with Crippen molar-refractivity contribution < 1.29 is 19.5 Å². The van der Waals surface area contributed by atoms with Gasteiger partial charge in [0.1, 0.15) is 0 Å². The Kier molecular flexibility index (Phi) is 14.6. The quantitative estimate of drug-likeness (QED) is 0.132. The molecule has 0 aliphatic carbocycles. The van der Waals surface area contributed by atoms with E-state index in [4.69, 9.17) is 0 Å². The minimum Gasteiger partial charge on any atom is -0.236 e. The Balaban J connectivity index is 0.000000175. The molecule has 0 radical (unpaired) electrons. The van der Waals surface area contributed by atoms with Crippen molar-refractivity contribution in [2.45, 2.75) is 0 Å². The summed E-state index contributed by atoms with van der Waals surface area (Å²) in [7, 11) is 0. The van der Waals surface area contributed by atoms with Gasteiger partial charge in [-0.15, -0.1) is 30.7 Å². The molecular weight excluding hydrogens is 623 g/mol. The second-order valence-corrected chi connectivity index (χ2v) is 8.17. The molecule has 0 bridgehead atoms. The van der Waals surface area contributed by atoms with E-state index in [0.29, 0.717) is 17.5 Å². The predicted octanol–water partition coefficient (Wildman–Crippen LogP) is 10.5. The van der Waals surface area contributed by atoms with E-state index < -0.39 is 0 Å². The standard InChI is InChI=1S/3C11H9N3.Ru/c3*1-2-6-10(7-3-1)13-14-11-8-4-5-9-12-11;/h3*1-9H;/q;;;+2. The molecule has 0 spiro atoms. The number of nitrogens with zero attached hydrogens (tertiary/aromatic N) is 9. The first-order valence-corrected chi connectivity index (χ1v) is 13.0. The van der Waals surface area contributed by atoms with E-state index in [1.165, 1.54) is 0 Å². The van der Waals surface area contributed by atoms with Crippen molar-refractivity contribution in [1.82, 2.24) is 15.0 Å². The van der Waals surface area contributed by atoms with Crippen LogP contribution in [-0.2, 0) is 19.5 Å². The molecule has 0 aliphatic heterocycles. The van der Waals surface area contributed by atoms with E-state index >= 15 is 0 Å². The summed E-state index contributed by atoms with van der Waals surface area (Å²) < 4.78 is 0. The maximum Gasteiger partial charge on any atom is 2.00 e. The van der Waals surface area contributed by atoms with Gasteiger partial charge in [-0.2, -0.15) is 0 Å². The second kappa shape index (κ2) is 19.6. The molecule has 0 unspecified atom stereocenters. The molecule has 10 heteroatoms. The van der Waals surface area contributed by atoms with E-state index in [1.807, 2.05) is 146 Å². The molecule has 3 aromatic heterocycles. The molecule has 6 aromatic rings. The Labute approximate surface area is 263 Å². The molecule has 43 heavy (non-hydrogen) atoms. The summed E-state index contributed by atoms with van der Waals surface area (Å²) in [6.45, 7) is 0. The molecule has 0 aliphatic rings. The maximum absolute atomic E-state index is 4.04. The Morgan fingerprint density at radius 2 is 0.535 bits per heavy atom. The first-order valence-electron chi connectivity index (χ1n) is 13.0. The van der Waals surface area contributed by atoms with Gasteiger partial charge in [-0.1, -0.05) is 72.8 Å². The zero-order valence-electron chi connectivity index (χ0n) is 23.0. The topological polar surface area (TPSA) is 113 Å². The molecule has 210 valence electrons. The van der Waals surface area contributed by atoms with Gasteiger partial charge in [-0.05, 0) is 72.8 Å². The number of aromatic nitrogens is 3. The van der Waals surface area contributed by atoms with Crippen LogP contribution in [-0.4, -0.2) is 15.0 Å². The van der Waals surface area contributed by atoms with Crippen LogP contribution in [0.2, 0.25) is 0 Å². The van der Waals surface area contributed by atoms with Gasteiger partial charge in [0.15, 0.2) is 17.5 Å². The summed E-state index contributed by atoms with van der Waals surface area (Å²) in [5, 5.41) is 24.1. The first-order chi connectivity index (χ1) is 20.8. The zero-order valence-corrected chi connectivity index (χ0v) is 24.7. The largest absolute Gasteiger partial charge is 2.00 e. The molecule has 3 aromatic carbocycles. The fraction of sp³-hybridized carbons (Fsp3) is 0. The van der Waals surface area contributed by atoms with Crippen LogP contribution >= 0.6 is 0 Å². The molecule has 0 atom stereocenters. The zero-order chi connectivity index (χ0) is 28.9. The van der Waals surface area contributed by atoms with Crippen LogP contribution in [0.15, 0.2) is 195 Å². The minimum atomic E-state index is 0. The van der Waals surface area contributed by atoms with Gasteiger partial charge in [-0.3, -0.25) is 0 Å². The summed E-state index contributed by atoms with van der Waals surface area (Å²) in [5.74, 6) is 1.86. The summed E-state index contributed by atoms with van der Waals surface area (Å²) >= 11 is 0. The van der Waals surface area contributed by atoms with Gasteiger partial charge >= 0.3 is 19.5 Å². The summed E-state index contributed by atoms with van der Waals surface area (Å²) in [5.41, 5.74) is 2.49. The molecular formula is C33H27N9Ru+2. The Morgan fingerprint density at radius 3 is 0.767 bits per heavy atom. The number of benzene rings is 3. The van der Waals surface area contributed by atoms with Gasteiger partial charge in [-0.25, -0.2) is 15.0 Å². The number of azo groups is 3. The average Bonchev–Trinajstić information content (AvgIpc) is 3.09. The Morgan fingerprint density at radius 1 is 0.279 bits per heavy atom. The van der Waals surface area contributed by atoms with E-state index in [2.05, 4.69) is 45.6 Å². The molecule has 0 amide bonds. The summed E-state index contributed by atoms with van der Waals surface area (Å²) in [4.78, 5) is 12.1. The number of pyridine rings is 3. The molecule has 0 fully saturated rings. The Bertz CT molecular complexity index is 1310. The van der Waals surface area contributed by atoms with Crippen LogP contribution in [0.4, 0.5) is 34.5 Å². The molecule has 3 heterocycles. The SMILES string of the molecule is [Ru+2].c1ccc(N=Nc2ccccn2)cc1.c1ccc(N=Nc2ccccn2)cc1.c1ccc(N=Nc2ccccn2)cc1. The van der Waals surface area contributed by atoms with Gasteiger partial charge < -0.3 is 0 Å². The average molecular weight is 651 g/mol. The number of hydrogen-bond acceptors (Lipinski definition) is 9. The van der Waals surface area contributed by atoms with Crippen molar-refractivity contribution in [1.29, 1.82) is 0 Å². The third-order valence-electron chi connectivity index (χ3n) is 5.02. The number of hydrogen-bond donors (Lipinski definition) is 0. The normalized spacial score (nSPS) is 10.3. The molecule has 6 rings (SSSR count). The van der Waals surface area contributed by atoms with Crippen LogP contribution < -0.4 is 0 Å². The van der Waals surface area contributed by atoms with Gasteiger partial charge in [0, 0.05) is 18.6 Å². The summed E-state index contributed by atoms with van der Waals surface area (Å²) in [6, 6.07) is 45.4. The predicted molar refractivity (Wildman–Crippen MR) is 165 cm³/mol. The van der Waals surface area contributed by atoms with E-state index in [9.17, 15) is 0 Å².